The van der Waals surface area contributed by atoms with Gasteiger partial charge in [0, 0.05) is 13.1 Å². The average Bonchev–Trinajstić information content (AvgIpc) is 2.66. The van der Waals surface area contributed by atoms with Crippen LogP contribution in [0.25, 0.3) is 0 Å². The molecule has 28 heavy (non-hydrogen) atoms. The van der Waals surface area contributed by atoms with Gasteiger partial charge in [-0.25, -0.2) is 8.42 Å². The molecule has 158 valence electrons. The second-order valence-electron chi connectivity index (χ2n) is 7.87. The zero-order valence-electron chi connectivity index (χ0n) is 17.3. The van der Waals surface area contributed by atoms with E-state index in [-0.39, 0.29) is 24.2 Å². The van der Waals surface area contributed by atoms with Crippen LogP contribution in [0, 0.1) is 11.8 Å². The highest BCUT2D eigenvalue weighted by Crippen LogP contribution is 2.31. The van der Waals surface area contributed by atoms with Crippen molar-refractivity contribution in [3.63, 3.8) is 0 Å². The highest BCUT2D eigenvalue weighted by Gasteiger charge is 2.29. The molecular weight excluding hydrogens is 378 g/mol. The number of fused-ring (bicyclic) bond motifs is 1. The lowest BCUT2D eigenvalue weighted by Crippen LogP contribution is -2.31. The van der Waals surface area contributed by atoms with Gasteiger partial charge in [0.15, 0.2) is 0 Å². The van der Waals surface area contributed by atoms with Crippen LogP contribution in [0.1, 0.15) is 51.7 Å². The molecular formula is C21H33NO5S. The first-order valence-corrected chi connectivity index (χ1v) is 11.6. The summed E-state index contributed by atoms with van der Waals surface area (Å²) in [5.41, 5.74) is 2.06. The van der Waals surface area contributed by atoms with Crippen molar-refractivity contribution in [1.29, 1.82) is 0 Å². The first-order chi connectivity index (χ1) is 13.2. The van der Waals surface area contributed by atoms with E-state index in [1.54, 1.807) is 12.1 Å². The summed E-state index contributed by atoms with van der Waals surface area (Å²) in [5, 5.41) is 10.5. The fourth-order valence-corrected chi connectivity index (χ4v) is 5.13. The third kappa shape index (κ3) is 5.55. The Hall–Kier alpha value is -1.44. The van der Waals surface area contributed by atoms with Crippen LogP contribution in [0.3, 0.4) is 0 Å². The minimum atomic E-state index is -3.47. The Morgan fingerprint density at radius 3 is 2.54 bits per heavy atom. The molecule has 2 atom stereocenters. The van der Waals surface area contributed by atoms with Crippen LogP contribution in [0.5, 0.6) is 0 Å². The number of aryl methyl sites for hydroxylation is 1. The summed E-state index contributed by atoms with van der Waals surface area (Å²) >= 11 is 0. The molecule has 7 heteroatoms. The van der Waals surface area contributed by atoms with Gasteiger partial charge in [-0.1, -0.05) is 33.8 Å². The van der Waals surface area contributed by atoms with Crippen LogP contribution in [0.15, 0.2) is 23.1 Å². The van der Waals surface area contributed by atoms with Gasteiger partial charge in [-0.2, -0.15) is 4.31 Å². The molecule has 0 spiro atoms. The number of benzene rings is 1. The standard InChI is InChI=1S/C21H33NO5S/c1-5-22(6-2)28(25,26)19-10-9-16-11-18(8-7-17(16)12-19)20(23)13-21(24)27-14-15(3)4/h9-10,12,15,18,20,23H,5-8,11,13-14H2,1-4H3. The summed E-state index contributed by atoms with van der Waals surface area (Å²) in [7, 11) is -3.47. The minimum Gasteiger partial charge on any atom is -0.465 e. The molecule has 1 aromatic rings. The fourth-order valence-electron chi connectivity index (χ4n) is 3.62. The van der Waals surface area contributed by atoms with E-state index in [9.17, 15) is 18.3 Å². The third-order valence-corrected chi connectivity index (χ3v) is 7.33. The van der Waals surface area contributed by atoms with Crippen molar-refractivity contribution < 1.29 is 23.1 Å². The van der Waals surface area contributed by atoms with Crippen molar-refractivity contribution in [1.82, 2.24) is 4.31 Å². The summed E-state index contributed by atoms with van der Waals surface area (Å²) in [6, 6.07) is 5.27. The van der Waals surface area contributed by atoms with Crippen LogP contribution < -0.4 is 0 Å². The van der Waals surface area contributed by atoms with Crippen LogP contribution in [0.4, 0.5) is 0 Å². The van der Waals surface area contributed by atoms with Crippen LogP contribution in [-0.4, -0.2) is 49.6 Å². The summed E-state index contributed by atoms with van der Waals surface area (Å²) in [6.07, 6.45) is 1.31. The van der Waals surface area contributed by atoms with Gasteiger partial charge in [0.2, 0.25) is 10.0 Å². The molecule has 0 saturated carbocycles. The Morgan fingerprint density at radius 1 is 1.25 bits per heavy atom. The predicted octanol–water partition coefficient (Wildman–Crippen LogP) is 2.77. The van der Waals surface area contributed by atoms with E-state index in [1.807, 2.05) is 33.8 Å². The zero-order chi connectivity index (χ0) is 20.9. The smallest absolute Gasteiger partial charge is 0.308 e. The van der Waals surface area contributed by atoms with E-state index in [0.29, 0.717) is 37.4 Å². The van der Waals surface area contributed by atoms with Crippen LogP contribution in [0.2, 0.25) is 0 Å². The van der Waals surface area contributed by atoms with E-state index >= 15 is 0 Å². The van der Waals surface area contributed by atoms with Gasteiger partial charge in [-0.05, 0) is 54.4 Å². The molecule has 2 rings (SSSR count). The molecule has 0 fully saturated rings. The average molecular weight is 412 g/mol. The normalized spacial score (nSPS) is 18.2. The number of sulfonamides is 1. The highest BCUT2D eigenvalue weighted by atomic mass is 32.2. The molecule has 1 aromatic carbocycles. The Labute approximate surface area is 168 Å². The Balaban J connectivity index is 2.05. The van der Waals surface area contributed by atoms with E-state index in [1.165, 1.54) is 4.31 Å². The van der Waals surface area contributed by atoms with E-state index in [0.717, 1.165) is 17.5 Å². The summed E-state index contributed by atoms with van der Waals surface area (Å²) in [5.74, 6) is -0.124. The van der Waals surface area contributed by atoms with E-state index in [4.69, 9.17) is 4.74 Å². The molecule has 0 radical (unpaired) electrons. The molecule has 0 heterocycles. The summed E-state index contributed by atoms with van der Waals surface area (Å²) < 4.78 is 32.0. The van der Waals surface area contributed by atoms with Crippen molar-refractivity contribution in [2.75, 3.05) is 19.7 Å². The first kappa shape index (κ1) is 22.8. The first-order valence-electron chi connectivity index (χ1n) is 10.1. The Kier molecular flexibility index (Phi) is 8.04. The lowest BCUT2D eigenvalue weighted by Gasteiger charge is -2.29. The maximum atomic E-state index is 12.7. The van der Waals surface area contributed by atoms with Gasteiger partial charge in [0.1, 0.15) is 0 Å². The largest absolute Gasteiger partial charge is 0.465 e. The molecule has 0 bridgehead atoms. The molecule has 2 unspecified atom stereocenters. The maximum absolute atomic E-state index is 12.7. The van der Waals surface area contributed by atoms with Gasteiger partial charge in [-0.3, -0.25) is 4.79 Å². The number of nitrogens with zero attached hydrogens (tertiary/aromatic N) is 1. The molecule has 1 aliphatic rings. The molecule has 0 saturated heterocycles. The SMILES string of the molecule is CCN(CC)S(=O)(=O)c1ccc2c(c1)CCC(C(O)CC(=O)OCC(C)C)C2. The molecule has 0 amide bonds. The van der Waals surface area contributed by atoms with Crippen LogP contribution in [-0.2, 0) is 32.4 Å². The lowest BCUT2D eigenvalue weighted by molar-refractivity contribution is -0.147. The number of hydrogen-bond acceptors (Lipinski definition) is 5. The molecule has 1 N–H and O–H groups in total. The van der Waals surface area contributed by atoms with E-state index < -0.39 is 16.1 Å². The summed E-state index contributed by atoms with van der Waals surface area (Å²) in [4.78, 5) is 12.2. The van der Waals surface area contributed by atoms with Crippen molar-refractivity contribution >= 4 is 16.0 Å². The molecule has 6 nitrogen and oxygen atoms in total. The number of rotatable bonds is 9. The van der Waals surface area contributed by atoms with Gasteiger partial charge in [0.05, 0.1) is 24.0 Å². The van der Waals surface area contributed by atoms with Crippen molar-refractivity contribution in [2.45, 2.75) is 64.4 Å². The highest BCUT2D eigenvalue weighted by molar-refractivity contribution is 7.89. The monoisotopic (exact) mass is 411 g/mol. The Morgan fingerprint density at radius 2 is 1.93 bits per heavy atom. The third-order valence-electron chi connectivity index (χ3n) is 5.29. The summed E-state index contributed by atoms with van der Waals surface area (Å²) in [6.45, 7) is 8.85. The second kappa shape index (κ2) is 9.85. The number of aliphatic hydroxyl groups is 1. The van der Waals surface area contributed by atoms with Crippen LogP contribution >= 0.6 is 0 Å². The van der Waals surface area contributed by atoms with Gasteiger partial charge in [0.25, 0.3) is 0 Å². The van der Waals surface area contributed by atoms with Crippen molar-refractivity contribution in [3.05, 3.63) is 29.3 Å². The Bertz CT molecular complexity index is 771. The number of hydrogen-bond donors (Lipinski definition) is 1. The number of ether oxygens (including phenoxy) is 1. The number of aliphatic hydroxyl groups excluding tert-OH is 1. The van der Waals surface area contributed by atoms with Crippen molar-refractivity contribution in [3.8, 4) is 0 Å². The number of carbonyl (C=O) groups excluding carboxylic acids is 1. The number of carbonyl (C=O) groups is 1. The lowest BCUT2D eigenvalue weighted by atomic mass is 9.80. The topological polar surface area (TPSA) is 83.9 Å². The van der Waals surface area contributed by atoms with Crippen molar-refractivity contribution in [2.24, 2.45) is 11.8 Å². The minimum absolute atomic E-state index is 0.00113. The predicted molar refractivity (Wildman–Crippen MR) is 108 cm³/mol. The number of esters is 1. The fraction of sp³-hybridized carbons (Fsp3) is 0.667. The van der Waals surface area contributed by atoms with Gasteiger partial charge >= 0.3 is 5.97 Å². The molecule has 0 aromatic heterocycles. The zero-order valence-corrected chi connectivity index (χ0v) is 18.2. The van der Waals surface area contributed by atoms with Gasteiger partial charge < -0.3 is 9.84 Å². The maximum Gasteiger partial charge on any atom is 0.308 e. The molecule has 0 aliphatic heterocycles. The molecule has 1 aliphatic carbocycles. The second-order valence-corrected chi connectivity index (χ2v) is 9.81. The quantitative estimate of drug-likeness (QED) is 0.632. The van der Waals surface area contributed by atoms with Gasteiger partial charge in [-0.15, -0.1) is 0 Å². The van der Waals surface area contributed by atoms with E-state index in [2.05, 4.69) is 0 Å².